The van der Waals surface area contributed by atoms with E-state index in [4.69, 9.17) is 18.9 Å². The number of aromatic amines is 2. The lowest BCUT2D eigenvalue weighted by molar-refractivity contribution is -0.147. The first-order chi connectivity index (χ1) is 23.6. The summed E-state index contributed by atoms with van der Waals surface area (Å²) < 4.78 is 23.9. The summed E-state index contributed by atoms with van der Waals surface area (Å²) in [4.78, 5) is 32.3. The average Bonchev–Trinajstić information content (AvgIpc) is 3.81. The normalized spacial score (nSPS) is 17.4. The molecule has 2 aliphatic rings. The molecule has 0 bridgehead atoms. The van der Waals surface area contributed by atoms with Crippen molar-refractivity contribution in [2.24, 2.45) is 0 Å². The van der Waals surface area contributed by atoms with Crippen LogP contribution in [0.25, 0.3) is 21.8 Å². The first-order valence-corrected chi connectivity index (χ1v) is 17.5. The van der Waals surface area contributed by atoms with Crippen molar-refractivity contribution >= 4 is 33.7 Å². The standard InChI is InChI=1S/C38H48N4O6/c43-37(47-29(23-41-27-9-3-1-4-10-27)25-45-35-15-7-13-33-31(35)19-21-39-33)17-18-38(44)48-30(24-42-28-11-5-2-6-12-28)26-46-36-16-8-14-34-32(36)20-22-40-34/h7-8,13-22,27-30,39-42H,1-6,9-12,23-26H2/b18-17-. The van der Waals surface area contributed by atoms with Crippen molar-refractivity contribution in [3.8, 4) is 11.5 Å². The predicted molar refractivity (Wildman–Crippen MR) is 186 cm³/mol. The van der Waals surface area contributed by atoms with Crippen LogP contribution in [0, 0.1) is 0 Å². The summed E-state index contributed by atoms with van der Waals surface area (Å²) in [6, 6.07) is 16.3. The Morgan fingerprint density at radius 2 is 1.08 bits per heavy atom. The number of ether oxygens (including phenoxy) is 4. The van der Waals surface area contributed by atoms with Crippen LogP contribution in [-0.2, 0) is 19.1 Å². The summed E-state index contributed by atoms with van der Waals surface area (Å²) in [5, 5.41) is 9.05. The molecule has 0 aliphatic heterocycles. The van der Waals surface area contributed by atoms with Crippen molar-refractivity contribution in [1.29, 1.82) is 0 Å². The third kappa shape index (κ3) is 9.64. The second-order valence-corrected chi connectivity index (χ2v) is 12.9. The molecule has 0 amide bonds. The Bertz CT molecular complexity index is 1510. The van der Waals surface area contributed by atoms with Crippen molar-refractivity contribution in [2.45, 2.75) is 88.5 Å². The second kappa shape index (κ2) is 17.2. The molecule has 2 fully saturated rings. The van der Waals surface area contributed by atoms with E-state index in [1.54, 1.807) is 0 Å². The highest BCUT2D eigenvalue weighted by molar-refractivity contribution is 5.92. The number of benzene rings is 2. The summed E-state index contributed by atoms with van der Waals surface area (Å²) in [5.74, 6) is 0.181. The maximum absolute atomic E-state index is 13.0. The first-order valence-electron chi connectivity index (χ1n) is 17.5. The van der Waals surface area contributed by atoms with E-state index in [-0.39, 0.29) is 13.2 Å². The Balaban J connectivity index is 1.05. The minimum Gasteiger partial charge on any atom is -0.489 e. The van der Waals surface area contributed by atoms with Crippen molar-refractivity contribution < 1.29 is 28.5 Å². The Morgan fingerprint density at radius 1 is 0.646 bits per heavy atom. The Kier molecular flexibility index (Phi) is 12.1. The molecule has 48 heavy (non-hydrogen) atoms. The maximum atomic E-state index is 13.0. The number of hydrogen-bond acceptors (Lipinski definition) is 8. The van der Waals surface area contributed by atoms with Gasteiger partial charge in [-0.05, 0) is 62.1 Å². The van der Waals surface area contributed by atoms with Crippen LogP contribution in [0.15, 0.2) is 73.1 Å². The van der Waals surface area contributed by atoms with Crippen molar-refractivity contribution in [1.82, 2.24) is 20.6 Å². The zero-order valence-corrected chi connectivity index (χ0v) is 27.6. The van der Waals surface area contributed by atoms with Crippen LogP contribution in [0.5, 0.6) is 11.5 Å². The average molecular weight is 657 g/mol. The fourth-order valence-corrected chi connectivity index (χ4v) is 6.75. The quantitative estimate of drug-likeness (QED) is 0.0814. The SMILES string of the molecule is O=C(/C=C\C(=O)OC(CNC1CCCCC1)COc1cccc2[nH]ccc12)OC(CNC1CCCCC1)COc1cccc2[nH]ccc12. The number of aromatic nitrogens is 2. The van der Waals surface area contributed by atoms with E-state index in [2.05, 4.69) is 20.6 Å². The summed E-state index contributed by atoms with van der Waals surface area (Å²) >= 11 is 0. The zero-order chi connectivity index (χ0) is 33.0. The molecule has 6 rings (SSSR count). The first kappa shape index (κ1) is 33.6. The van der Waals surface area contributed by atoms with Gasteiger partial charge in [0.1, 0.15) is 36.9 Å². The second-order valence-electron chi connectivity index (χ2n) is 12.9. The molecular formula is C38H48N4O6. The zero-order valence-electron chi connectivity index (χ0n) is 27.6. The fourth-order valence-electron chi connectivity index (χ4n) is 6.75. The number of H-pyrrole nitrogens is 2. The highest BCUT2D eigenvalue weighted by atomic mass is 16.6. The van der Waals surface area contributed by atoms with Crippen molar-refractivity contribution in [3.05, 3.63) is 73.1 Å². The lowest BCUT2D eigenvalue weighted by Crippen LogP contribution is -2.41. The minimum absolute atomic E-state index is 0.175. The van der Waals surface area contributed by atoms with Crippen LogP contribution in [0.2, 0.25) is 0 Å². The molecular weight excluding hydrogens is 608 g/mol. The van der Waals surface area contributed by atoms with Crippen LogP contribution >= 0.6 is 0 Å². The molecule has 0 saturated heterocycles. The third-order valence-corrected chi connectivity index (χ3v) is 9.36. The van der Waals surface area contributed by atoms with Crippen molar-refractivity contribution in [3.63, 3.8) is 0 Å². The number of carbonyl (C=O) groups is 2. The van der Waals surface area contributed by atoms with E-state index in [1.807, 2.05) is 60.9 Å². The van der Waals surface area contributed by atoms with Crippen LogP contribution in [0.3, 0.4) is 0 Å². The van der Waals surface area contributed by atoms with Gasteiger partial charge in [-0.3, -0.25) is 0 Å². The van der Waals surface area contributed by atoms with Crippen molar-refractivity contribution in [2.75, 3.05) is 26.3 Å². The van der Waals surface area contributed by atoms with Crippen LogP contribution in [-0.4, -0.2) is 72.5 Å². The molecule has 2 aromatic carbocycles. The van der Waals surface area contributed by atoms with Gasteiger partial charge in [0.25, 0.3) is 0 Å². The number of hydrogen-bond donors (Lipinski definition) is 4. The van der Waals surface area contributed by atoms with Gasteiger partial charge in [0.15, 0.2) is 0 Å². The van der Waals surface area contributed by atoms with Gasteiger partial charge in [-0.2, -0.15) is 0 Å². The van der Waals surface area contributed by atoms with Gasteiger partial charge in [-0.15, -0.1) is 0 Å². The Hall–Kier alpha value is -4.28. The summed E-state index contributed by atoms with van der Waals surface area (Å²) in [6.45, 7) is 1.26. The van der Waals surface area contributed by atoms with Crippen LogP contribution in [0.1, 0.15) is 64.2 Å². The molecule has 2 saturated carbocycles. The summed E-state index contributed by atoms with van der Waals surface area (Å²) in [7, 11) is 0. The Morgan fingerprint density at radius 3 is 1.52 bits per heavy atom. The lowest BCUT2D eigenvalue weighted by atomic mass is 9.95. The molecule has 0 spiro atoms. The highest BCUT2D eigenvalue weighted by Gasteiger charge is 2.21. The van der Waals surface area contributed by atoms with E-state index in [0.29, 0.717) is 25.2 Å². The molecule has 10 nitrogen and oxygen atoms in total. The monoisotopic (exact) mass is 656 g/mol. The predicted octanol–water partition coefficient (Wildman–Crippen LogP) is 6.33. The number of rotatable bonds is 16. The largest absolute Gasteiger partial charge is 0.489 e. The molecule has 2 aromatic heterocycles. The molecule has 256 valence electrons. The van der Waals surface area contributed by atoms with E-state index in [0.717, 1.165) is 71.1 Å². The highest BCUT2D eigenvalue weighted by Crippen LogP contribution is 2.26. The minimum atomic E-state index is -0.627. The van der Waals surface area contributed by atoms with Gasteiger partial charge in [0.2, 0.25) is 0 Å². The Labute approximate surface area is 281 Å². The fraction of sp³-hybridized carbons (Fsp3) is 0.474. The molecule has 2 aliphatic carbocycles. The topological polar surface area (TPSA) is 127 Å². The summed E-state index contributed by atoms with van der Waals surface area (Å²) in [6.07, 6.45) is 16.6. The lowest BCUT2D eigenvalue weighted by Gasteiger charge is -2.26. The molecule has 4 N–H and O–H groups in total. The molecule has 10 heteroatoms. The van der Waals surface area contributed by atoms with Gasteiger partial charge in [0.05, 0.1) is 0 Å². The van der Waals surface area contributed by atoms with Gasteiger partial charge in [-0.1, -0.05) is 50.7 Å². The van der Waals surface area contributed by atoms with E-state index >= 15 is 0 Å². The molecule has 2 atom stereocenters. The van der Waals surface area contributed by atoms with E-state index in [1.165, 1.54) is 38.5 Å². The molecule has 4 aromatic rings. The number of carbonyl (C=O) groups excluding carboxylic acids is 2. The molecule has 2 unspecified atom stereocenters. The van der Waals surface area contributed by atoms with Crippen LogP contribution in [0.4, 0.5) is 0 Å². The summed E-state index contributed by atoms with van der Waals surface area (Å²) in [5.41, 5.74) is 1.95. The number of fused-ring (bicyclic) bond motifs is 2. The molecule has 2 heterocycles. The van der Waals surface area contributed by atoms with Gasteiger partial charge < -0.3 is 39.5 Å². The van der Waals surface area contributed by atoms with Gasteiger partial charge in [-0.25, -0.2) is 9.59 Å². The van der Waals surface area contributed by atoms with Crippen LogP contribution < -0.4 is 20.1 Å². The maximum Gasteiger partial charge on any atom is 0.331 e. The number of nitrogens with one attached hydrogen (secondary N) is 4. The van der Waals surface area contributed by atoms with E-state index in [9.17, 15) is 9.59 Å². The smallest absolute Gasteiger partial charge is 0.331 e. The van der Waals surface area contributed by atoms with E-state index < -0.39 is 24.1 Å². The van der Waals surface area contributed by atoms with Gasteiger partial charge >= 0.3 is 11.9 Å². The number of esters is 2. The third-order valence-electron chi connectivity index (χ3n) is 9.36. The molecule has 0 radical (unpaired) electrons. The van der Waals surface area contributed by atoms with Gasteiger partial charge in [0, 0.05) is 71.5 Å².